The third kappa shape index (κ3) is 4.09. The van der Waals surface area contributed by atoms with Gasteiger partial charge in [0.1, 0.15) is 0 Å². The molecule has 4 rings (SSSR count). The highest BCUT2D eigenvalue weighted by molar-refractivity contribution is 7.92. The van der Waals surface area contributed by atoms with E-state index in [0.29, 0.717) is 30.6 Å². The smallest absolute Gasteiger partial charge is 0.310 e. The quantitative estimate of drug-likeness (QED) is 0.483. The lowest BCUT2D eigenvalue weighted by Crippen LogP contribution is -2.34. The first-order valence-electron chi connectivity index (χ1n) is 9.67. The van der Waals surface area contributed by atoms with Crippen molar-refractivity contribution in [3.05, 3.63) is 65.4 Å². The van der Waals surface area contributed by atoms with Crippen LogP contribution in [-0.4, -0.2) is 44.6 Å². The molecule has 0 saturated heterocycles. The highest BCUT2D eigenvalue weighted by Crippen LogP contribution is 2.30. The first kappa shape index (κ1) is 20.2. The summed E-state index contributed by atoms with van der Waals surface area (Å²) in [6.45, 7) is 0.0837. The second-order valence-electron chi connectivity index (χ2n) is 7.40. The lowest BCUT2D eigenvalue weighted by Gasteiger charge is -2.29. The molecule has 8 heteroatoms. The summed E-state index contributed by atoms with van der Waals surface area (Å²) >= 11 is 0. The molecule has 30 heavy (non-hydrogen) atoms. The van der Waals surface area contributed by atoms with Crippen LogP contribution in [0, 0.1) is 0 Å². The Kier molecular flexibility index (Phi) is 5.34. The first-order chi connectivity index (χ1) is 14.3. The van der Waals surface area contributed by atoms with Gasteiger partial charge in [-0.1, -0.05) is 18.2 Å². The van der Waals surface area contributed by atoms with Gasteiger partial charge in [0.15, 0.2) is 12.4 Å². The van der Waals surface area contributed by atoms with E-state index in [1.165, 1.54) is 10.6 Å². The number of rotatable bonds is 6. The number of sulfonamides is 1. The minimum Gasteiger partial charge on any atom is -0.457 e. The summed E-state index contributed by atoms with van der Waals surface area (Å²) in [6, 6.07) is 12.6. The van der Waals surface area contributed by atoms with Gasteiger partial charge in [0.25, 0.3) is 0 Å². The van der Waals surface area contributed by atoms with Gasteiger partial charge in [-0.15, -0.1) is 0 Å². The minimum atomic E-state index is -3.36. The topological polar surface area (TPSA) is 96.5 Å². The fourth-order valence-electron chi connectivity index (χ4n) is 3.79. The molecule has 0 saturated carbocycles. The summed E-state index contributed by atoms with van der Waals surface area (Å²) in [6.07, 6.45) is 4.41. The highest BCUT2D eigenvalue weighted by Gasteiger charge is 2.25. The van der Waals surface area contributed by atoms with Gasteiger partial charge in [-0.3, -0.25) is 13.9 Å². The molecule has 7 nitrogen and oxygen atoms in total. The van der Waals surface area contributed by atoms with Gasteiger partial charge in [0.05, 0.1) is 18.4 Å². The van der Waals surface area contributed by atoms with Crippen LogP contribution < -0.4 is 4.31 Å². The Bertz CT molecular complexity index is 1230. The summed E-state index contributed by atoms with van der Waals surface area (Å²) in [4.78, 5) is 27.8. The van der Waals surface area contributed by atoms with E-state index >= 15 is 0 Å². The number of aryl methyl sites for hydroxylation is 1. The largest absolute Gasteiger partial charge is 0.457 e. The molecule has 3 aromatic rings. The lowest BCUT2D eigenvalue weighted by molar-refractivity contribution is -0.141. The normalized spacial score (nSPS) is 13.8. The highest BCUT2D eigenvalue weighted by atomic mass is 32.2. The Morgan fingerprint density at radius 2 is 1.97 bits per heavy atom. The Morgan fingerprint density at radius 3 is 2.77 bits per heavy atom. The molecule has 0 radical (unpaired) electrons. The molecular weight excluding hydrogens is 404 g/mol. The monoisotopic (exact) mass is 426 g/mol. The fraction of sp³-hybridized carbons (Fsp3) is 0.273. The number of anilines is 1. The molecule has 0 spiro atoms. The van der Waals surface area contributed by atoms with E-state index in [4.69, 9.17) is 4.74 Å². The number of Topliss-reactive ketones (excluding diaryl/α,β-unsaturated/α-hetero) is 1. The maximum atomic E-state index is 12.5. The van der Waals surface area contributed by atoms with Crippen molar-refractivity contribution in [3.63, 3.8) is 0 Å². The number of carbonyl (C=O) groups excluding carboxylic acids is 2. The Balaban J connectivity index is 1.41. The van der Waals surface area contributed by atoms with E-state index in [1.807, 2.05) is 24.3 Å². The number of aromatic amines is 1. The van der Waals surface area contributed by atoms with Crippen LogP contribution >= 0.6 is 0 Å². The summed E-state index contributed by atoms with van der Waals surface area (Å²) in [5.41, 5.74) is 3.58. The van der Waals surface area contributed by atoms with Gasteiger partial charge >= 0.3 is 5.97 Å². The van der Waals surface area contributed by atoms with Crippen molar-refractivity contribution in [3.8, 4) is 0 Å². The van der Waals surface area contributed by atoms with E-state index in [0.717, 1.165) is 22.0 Å². The van der Waals surface area contributed by atoms with Crippen LogP contribution in [0.5, 0.6) is 0 Å². The van der Waals surface area contributed by atoms with Crippen LogP contribution in [-0.2, 0) is 32.4 Å². The molecule has 1 aromatic heterocycles. The number of aromatic nitrogens is 1. The number of carbonyl (C=O) groups is 2. The molecule has 1 N–H and O–H groups in total. The van der Waals surface area contributed by atoms with Crippen molar-refractivity contribution in [2.24, 2.45) is 0 Å². The molecule has 2 aromatic carbocycles. The summed E-state index contributed by atoms with van der Waals surface area (Å²) in [5, 5.41) is 0.950. The molecule has 156 valence electrons. The number of hydrogen-bond donors (Lipinski definition) is 1. The van der Waals surface area contributed by atoms with Gasteiger partial charge in [-0.2, -0.15) is 0 Å². The Morgan fingerprint density at radius 1 is 1.17 bits per heavy atom. The third-order valence-electron chi connectivity index (χ3n) is 5.25. The molecule has 2 heterocycles. The Hall–Kier alpha value is -3.13. The summed E-state index contributed by atoms with van der Waals surface area (Å²) < 4.78 is 30.5. The minimum absolute atomic E-state index is 0.0742. The van der Waals surface area contributed by atoms with Crippen molar-refractivity contribution in [2.75, 3.05) is 23.7 Å². The molecule has 1 aliphatic heterocycles. The first-order valence-corrected chi connectivity index (χ1v) is 11.5. The molecular formula is C22H22N2O5S. The molecule has 0 fully saturated rings. The molecule has 0 atom stereocenters. The average Bonchev–Trinajstić information content (AvgIpc) is 3.13. The van der Waals surface area contributed by atoms with Crippen LogP contribution in [0.25, 0.3) is 10.9 Å². The van der Waals surface area contributed by atoms with E-state index in [-0.39, 0.29) is 18.8 Å². The fourth-order valence-corrected chi connectivity index (χ4v) is 4.79. The van der Waals surface area contributed by atoms with Crippen LogP contribution in [0.2, 0.25) is 0 Å². The van der Waals surface area contributed by atoms with Crippen molar-refractivity contribution >= 4 is 38.4 Å². The molecule has 0 amide bonds. The van der Waals surface area contributed by atoms with Gasteiger partial charge in [-0.25, -0.2) is 8.42 Å². The van der Waals surface area contributed by atoms with Crippen LogP contribution in [0.15, 0.2) is 48.7 Å². The molecule has 0 unspecified atom stereocenters. The maximum absolute atomic E-state index is 12.5. The second kappa shape index (κ2) is 7.95. The zero-order valence-electron chi connectivity index (χ0n) is 16.6. The standard InChI is InChI=1S/C22H22N2O5S/c1-30(27,28)24-10-4-5-15-11-16(8-9-20(15)24)21(25)14-29-22(26)12-17-13-23-19-7-3-2-6-18(17)19/h2-3,6-9,11,13,23H,4-5,10,12,14H2,1H3. The number of nitrogens with zero attached hydrogens (tertiary/aromatic N) is 1. The van der Waals surface area contributed by atoms with Crippen molar-refractivity contribution in [1.29, 1.82) is 0 Å². The molecule has 1 aliphatic rings. The van der Waals surface area contributed by atoms with Crippen molar-refractivity contribution in [1.82, 2.24) is 4.98 Å². The summed E-state index contributed by atoms with van der Waals surface area (Å²) in [5.74, 6) is -0.795. The number of ketones is 1. The molecule has 0 aliphatic carbocycles. The van der Waals surface area contributed by atoms with Crippen molar-refractivity contribution in [2.45, 2.75) is 19.3 Å². The summed E-state index contributed by atoms with van der Waals surface area (Å²) in [7, 11) is -3.36. The predicted molar refractivity (Wildman–Crippen MR) is 114 cm³/mol. The van der Waals surface area contributed by atoms with Gasteiger partial charge < -0.3 is 9.72 Å². The van der Waals surface area contributed by atoms with E-state index < -0.39 is 16.0 Å². The third-order valence-corrected chi connectivity index (χ3v) is 6.43. The number of para-hydroxylation sites is 1. The van der Waals surface area contributed by atoms with Gasteiger partial charge in [-0.05, 0) is 48.2 Å². The number of ether oxygens (including phenoxy) is 1. The number of benzene rings is 2. The number of H-pyrrole nitrogens is 1. The van der Waals surface area contributed by atoms with E-state index in [9.17, 15) is 18.0 Å². The Labute approximate surface area is 174 Å². The zero-order chi connectivity index (χ0) is 21.3. The number of hydrogen-bond acceptors (Lipinski definition) is 5. The SMILES string of the molecule is CS(=O)(=O)N1CCCc2cc(C(=O)COC(=O)Cc3c[nH]c4ccccc34)ccc21. The van der Waals surface area contributed by atoms with Crippen molar-refractivity contribution < 1.29 is 22.7 Å². The number of fused-ring (bicyclic) bond motifs is 2. The average molecular weight is 426 g/mol. The number of esters is 1. The number of nitrogens with one attached hydrogen (secondary N) is 1. The molecule has 0 bridgehead atoms. The van der Waals surface area contributed by atoms with Crippen LogP contribution in [0.4, 0.5) is 5.69 Å². The maximum Gasteiger partial charge on any atom is 0.310 e. The second-order valence-corrected chi connectivity index (χ2v) is 9.31. The zero-order valence-corrected chi connectivity index (χ0v) is 17.4. The lowest BCUT2D eigenvalue weighted by atomic mass is 9.99. The predicted octanol–water partition coefficient (Wildman–Crippen LogP) is 2.85. The van der Waals surface area contributed by atoms with E-state index in [2.05, 4.69) is 4.98 Å². The van der Waals surface area contributed by atoms with Gasteiger partial charge in [0, 0.05) is 29.2 Å². The van der Waals surface area contributed by atoms with Gasteiger partial charge in [0.2, 0.25) is 10.0 Å². The van der Waals surface area contributed by atoms with Crippen LogP contribution in [0.3, 0.4) is 0 Å². The van der Waals surface area contributed by atoms with Crippen LogP contribution in [0.1, 0.15) is 27.9 Å². The van der Waals surface area contributed by atoms with E-state index in [1.54, 1.807) is 24.4 Å².